The number of nitrogens with zero attached hydrogens (tertiary/aromatic N) is 1. The number of phenols is 1. The van der Waals surface area contributed by atoms with Gasteiger partial charge in [0.25, 0.3) is 0 Å². The van der Waals surface area contributed by atoms with Gasteiger partial charge in [0.2, 0.25) is 0 Å². The van der Waals surface area contributed by atoms with Crippen LogP contribution in [0.15, 0.2) is 29.3 Å². The molecule has 0 spiro atoms. The molecule has 0 saturated carbocycles. The molecule has 1 unspecified atom stereocenters. The van der Waals surface area contributed by atoms with Gasteiger partial charge >= 0.3 is 0 Å². The van der Waals surface area contributed by atoms with Crippen LogP contribution < -0.4 is 0 Å². The molecule has 0 aliphatic carbocycles. The van der Waals surface area contributed by atoms with Gasteiger partial charge in [-0.2, -0.15) is 0 Å². The molecule has 1 aromatic rings. The number of aliphatic hydroxyl groups excluding tert-OH is 2. The highest BCUT2D eigenvalue weighted by molar-refractivity contribution is 5.83. The van der Waals surface area contributed by atoms with Crippen molar-refractivity contribution in [3.05, 3.63) is 29.8 Å². The second kappa shape index (κ2) is 7.58. The number of aliphatic imine (C=N–C) groups is 1. The fraction of sp³-hybridized carbons (Fsp3) is 0.588. The predicted molar refractivity (Wildman–Crippen MR) is 85.9 cm³/mol. The van der Waals surface area contributed by atoms with Crippen molar-refractivity contribution in [2.75, 3.05) is 6.61 Å². The van der Waals surface area contributed by atoms with E-state index in [2.05, 4.69) is 4.99 Å². The number of fused-ring (bicyclic) bond motifs is 1. The van der Waals surface area contributed by atoms with Crippen LogP contribution in [-0.4, -0.2) is 65.1 Å². The first-order valence-electron chi connectivity index (χ1n) is 8.20. The minimum Gasteiger partial charge on any atom is -0.507 e. The van der Waals surface area contributed by atoms with Crippen LogP contribution in [0.3, 0.4) is 0 Å². The second-order valence-corrected chi connectivity index (χ2v) is 6.04. The van der Waals surface area contributed by atoms with Crippen LogP contribution in [0.5, 0.6) is 5.75 Å². The standard InChI is InChI=1S/C17H23NO6/c1-2-5-13-22-9-12-16(24-13)14(20)15(21)17(23-12)18-8-10-6-3-4-7-11(10)19/h3-4,6-8,12-17,19-21H,2,5,9H2,1H3/t12-,13?,14-,15-,16-,17-/m1/s1. The lowest BCUT2D eigenvalue weighted by molar-refractivity contribution is -0.324. The highest BCUT2D eigenvalue weighted by Gasteiger charge is 2.48. The topological polar surface area (TPSA) is 101 Å². The third-order valence-corrected chi connectivity index (χ3v) is 4.24. The number of rotatable bonds is 4. The van der Waals surface area contributed by atoms with Crippen LogP contribution in [0.1, 0.15) is 25.3 Å². The minimum atomic E-state index is -1.21. The van der Waals surface area contributed by atoms with E-state index in [1.807, 2.05) is 6.92 Å². The number of aromatic hydroxyl groups is 1. The van der Waals surface area contributed by atoms with Gasteiger partial charge in [0.05, 0.1) is 6.61 Å². The monoisotopic (exact) mass is 337 g/mol. The Morgan fingerprint density at radius 2 is 2.00 bits per heavy atom. The molecule has 0 bridgehead atoms. The van der Waals surface area contributed by atoms with Crippen molar-refractivity contribution in [3.63, 3.8) is 0 Å². The number of ether oxygens (including phenoxy) is 3. The fourth-order valence-corrected chi connectivity index (χ4v) is 2.90. The molecule has 24 heavy (non-hydrogen) atoms. The largest absolute Gasteiger partial charge is 0.507 e. The van der Waals surface area contributed by atoms with Crippen molar-refractivity contribution in [2.45, 2.75) is 56.7 Å². The first-order chi connectivity index (χ1) is 11.6. The summed E-state index contributed by atoms with van der Waals surface area (Å²) < 4.78 is 17.0. The van der Waals surface area contributed by atoms with E-state index in [4.69, 9.17) is 14.2 Å². The van der Waals surface area contributed by atoms with Gasteiger partial charge in [-0.05, 0) is 18.6 Å². The zero-order valence-electron chi connectivity index (χ0n) is 13.5. The van der Waals surface area contributed by atoms with E-state index in [9.17, 15) is 15.3 Å². The van der Waals surface area contributed by atoms with Crippen LogP contribution in [0.25, 0.3) is 0 Å². The van der Waals surface area contributed by atoms with Crippen molar-refractivity contribution < 1.29 is 29.5 Å². The molecule has 7 nitrogen and oxygen atoms in total. The van der Waals surface area contributed by atoms with Crippen LogP contribution in [0.4, 0.5) is 0 Å². The molecule has 6 atom stereocenters. The molecule has 0 radical (unpaired) electrons. The van der Waals surface area contributed by atoms with Crippen LogP contribution in [0.2, 0.25) is 0 Å². The van der Waals surface area contributed by atoms with Gasteiger partial charge in [0.15, 0.2) is 12.5 Å². The van der Waals surface area contributed by atoms with Gasteiger partial charge in [0.1, 0.15) is 30.2 Å². The zero-order chi connectivity index (χ0) is 17.1. The normalized spacial score (nSPS) is 36.6. The molecule has 2 aliphatic rings. The Hall–Kier alpha value is -1.51. The summed E-state index contributed by atoms with van der Waals surface area (Å²) >= 11 is 0. The van der Waals surface area contributed by atoms with Crippen LogP contribution in [0, 0.1) is 0 Å². The molecule has 0 amide bonds. The number of hydrogen-bond acceptors (Lipinski definition) is 7. The molecule has 1 aromatic carbocycles. The van der Waals surface area contributed by atoms with Crippen molar-refractivity contribution in [2.24, 2.45) is 4.99 Å². The van der Waals surface area contributed by atoms with Gasteiger partial charge in [0, 0.05) is 11.8 Å². The summed E-state index contributed by atoms with van der Waals surface area (Å²) in [5.74, 6) is 0.0803. The zero-order valence-corrected chi connectivity index (χ0v) is 13.5. The summed E-state index contributed by atoms with van der Waals surface area (Å²) in [4.78, 5) is 4.16. The van der Waals surface area contributed by atoms with Crippen LogP contribution in [-0.2, 0) is 14.2 Å². The predicted octanol–water partition coefficient (Wildman–Crippen LogP) is 0.799. The second-order valence-electron chi connectivity index (χ2n) is 6.04. The average molecular weight is 337 g/mol. The average Bonchev–Trinajstić information content (AvgIpc) is 2.59. The molecule has 132 valence electrons. The molecular weight excluding hydrogens is 314 g/mol. The Balaban J connectivity index is 1.69. The van der Waals surface area contributed by atoms with Crippen molar-refractivity contribution in [3.8, 4) is 5.75 Å². The smallest absolute Gasteiger partial charge is 0.177 e. The van der Waals surface area contributed by atoms with Crippen molar-refractivity contribution in [1.29, 1.82) is 0 Å². The van der Waals surface area contributed by atoms with Crippen molar-refractivity contribution in [1.82, 2.24) is 0 Å². The summed E-state index contributed by atoms with van der Waals surface area (Å²) in [5, 5.41) is 30.4. The Bertz CT molecular complexity index is 578. The number of benzene rings is 1. The molecule has 2 fully saturated rings. The Morgan fingerprint density at radius 1 is 1.21 bits per heavy atom. The summed E-state index contributed by atoms with van der Waals surface area (Å²) in [6.07, 6.45) is -1.76. The third kappa shape index (κ3) is 3.60. The lowest BCUT2D eigenvalue weighted by Gasteiger charge is -2.45. The number of aliphatic hydroxyl groups is 2. The number of phenolic OH excluding ortho intramolecular Hbond substituents is 1. The quantitative estimate of drug-likeness (QED) is 0.703. The summed E-state index contributed by atoms with van der Waals surface area (Å²) in [5.41, 5.74) is 0.504. The summed E-state index contributed by atoms with van der Waals surface area (Å²) in [6.45, 7) is 2.30. The van der Waals surface area contributed by atoms with Crippen molar-refractivity contribution >= 4 is 6.21 Å². The lowest BCUT2D eigenvalue weighted by Crippen LogP contribution is -2.62. The number of hydrogen-bond donors (Lipinski definition) is 3. The molecule has 7 heteroatoms. The van der Waals surface area contributed by atoms with Gasteiger partial charge in [-0.3, -0.25) is 4.99 Å². The molecular formula is C17H23NO6. The molecule has 2 heterocycles. The Morgan fingerprint density at radius 3 is 2.75 bits per heavy atom. The fourth-order valence-electron chi connectivity index (χ4n) is 2.90. The van der Waals surface area contributed by atoms with Gasteiger partial charge in [-0.25, -0.2) is 0 Å². The van der Waals surface area contributed by atoms with E-state index in [1.165, 1.54) is 6.21 Å². The SMILES string of the molecule is CCCC1OC[C@H]2O[C@@H](N=Cc3ccccc3O)[C@H](O)[C@@H](O)[C@@H]2O1. The van der Waals surface area contributed by atoms with E-state index in [-0.39, 0.29) is 18.6 Å². The third-order valence-electron chi connectivity index (χ3n) is 4.24. The summed E-state index contributed by atoms with van der Waals surface area (Å²) in [6, 6.07) is 6.70. The molecule has 2 saturated heterocycles. The van der Waals surface area contributed by atoms with Gasteiger partial charge in [-0.1, -0.05) is 25.5 Å². The lowest BCUT2D eigenvalue weighted by atomic mass is 9.97. The molecule has 0 aromatic heterocycles. The Kier molecular flexibility index (Phi) is 5.47. The molecule has 2 aliphatic heterocycles. The first kappa shape index (κ1) is 17.3. The maximum atomic E-state index is 10.3. The maximum Gasteiger partial charge on any atom is 0.177 e. The van der Waals surface area contributed by atoms with Gasteiger partial charge in [-0.15, -0.1) is 0 Å². The van der Waals surface area contributed by atoms with E-state index < -0.39 is 30.6 Å². The van der Waals surface area contributed by atoms with E-state index in [0.29, 0.717) is 5.56 Å². The minimum absolute atomic E-state index is 0.0803. The molecule has 3 N–H and O–H groups in total. The first-order valence-corrected chi connectivity index (χ1v) is 8.20. The highest BCUT2D eigenvalue weighted by atomic mass is 16.7. The molecule has 3 rings (SSSR count). The maximum absolute atomic E-state index is 10.3. The summed E-state index contributed by atoms with van der Waals surface area (Å²) in [7, 11) is 0. The van der Waals surface area contributed by atoms with Gasteiger partial charge < -0.3 is 29.5 Å². The van der Waals surface area contributed by atoms with E-state index >= 15 is 0 Å². The Labute approximate surface area is 140 Å². The van der Waals surface area contributed by atoms with Crippen LogP contribution >= 0.6 is 0 Å². The highest BCUT2D eigenvalue weighted by Crippen LogP contribution is 2.30. The van der Waals surface area contributed by atoms with E-state index in [0.717, 1.165) is 12.8 Å². The number of para-hydroxylation sites is 1. The van der Waals surface area contributed by atoms with E-state index in [1.54, 1.807) is 24.3 Å².